The number of thiocarbonyl (C=S) groups is 1. The Balaban J connectivity index is 2.29. The number of carbonyl (C=O) groups excluding carboxylic acids is 1. The Kier molecular flexibility index (Phi) is 3.94. The van der Waals surface area contributed by atoms with Gasteiger partial charge in [0.15, 0.2) is 5.11 Å². The van der Waals surface area contributed by atoms with Gasteiger partial charge < -0.3 is 21.3 Å². The first-order valence-electron chi connectivity index (χ1n) is 4.66. The third-order valence-electron chi connectivity index (χ3n) is 2.37. The maximum absolute atomic E-state index is 11.0. The first kappa shape index (κ1) is 11.0. The number of hydrogen-bond acceptors (Lipinski definition) is 2. The Morgan fingerprint density at radius 1 is 1.50 bits per heavy atom. The fourth-order valence-electron chi connectivity index (χ4n) is 1.50. The average Bonchev–Trinajstić information content (AvgIpc) is 2.18. The molecule has 0 aromatic carbocycles. The smallest absolute Gasteiger partial charge is 0.314 e. The summed E-state index contributed by atoms with van der Waals surface area (Å²) in [4.78, 5) is 13.0. The van der Waals surface area contributed by atoms with E-state index >= 15 is 0 Å². The van der Waals surface area contributed by atoms with Gasteiger partial charge in [0.25, 0.3) is 0 Å². The maximum atomic E-state index is 11.0. The molecule has 1 rings (SSSR count). The van der Waals surface area contributed by atoms with E-state index in [0.29, 0.717) is 5.11 Å². The molecule has 4 N–H and O–H groups in total. The summed E-state index contributed by atoms with van der Waals surface area (Å²) in [6.45, 7) is 1.65. The molecule has 0 unspecified atom stereocenters. The van der Waals surface area contributed by atoms with Crippen molar-refractivity contribution in [2.45, 2.75) is 18.9 Å². The van der Waals surface area contributed by atoms with Crippen molar-refractivity contribution in [3.05, 3.63) is 0 Å². The molecule has 0 aromatic heterocycles. The second kappa shape index (κ2) is 4.99. The monoisotopic (exact) mass is 216 g/mol. The van der Waals surface area contributed by atoms with Gasteiger partial charge in [0.05, 0.1) is 0 Å². The van der Waals surface area contributed by atoms with Crippen LogP contribution in [0.2, 0.25) is 0 Å². The lowest BCUT2D eigenvalue weighted by molar-refractivity contribution is 0.228. The lowest BCUT2D eigenvalue weighted by Crippen LogP contribution is -2.49. The number of nitrogens with one attached hydrogen (secondary N) is 2. The van der Waals surface area contributed by atoms with E-state index in [-0.39, 0.29) is 12.1 Å². The topological polar surface area (TPSA) is 70.4 Å². The van der Waals surface area contributed by atoms with Crippen LogP contribution in [0.4, 0.5) is 4.79 Å². The molecule has 80 valence electrons. The molecule has 2 amide bonds. The van der Waals surface area contributed by atoms with Crippen molar-refractivity contribution in [3.63, 3.8) is 0 Å². The van der Waals surface area contributed by atoms with Crippen LogP contribution in [-0.4, -0.2) is 42.2 Å². The first-order chi connectivity index (χ1) is 6.63. The van der Waals surface area contributed by atoms with E-state index in [9.17, 15) is 4.79 Å². The number of amides is 2. The van der Waals surface area contributed by atoms with Crippen LogP contribution in [0, 0.1) is 0 Å². The lowest BCUT2D eigenvalue weighted by Gasteiger charge is -2.32. The van der Waals surface area contributed by atoms with E-state index in [4.69, 9.17) is 18.0 Å². The van der Waals surface area contributed by atoms with Gasteiger partial charge in [-0.05, 0) is 25.1 Å². The van der Waals surface area contributed by atoms with Crippen LogP contribution in [0.5, 0.6) is 0 Å². The molecule has 1 aliphatic heterocycles. The molecular formula is C8H16N4OS. The highest BCUT2D eigenvalue weighted by Crippen LogP contribution is 2.09. The van der Waals surface area contributed by atoms with E-state index in [1.165, 1.54) is 0 Å². The third-order valence-corrected chi connectivity index (χ3v) is 2.63. The molecule has 14 heavy (non-hydrogen) atoms. The molecular weight excluding hydrogens is 200 g/mol. The van der Waals surface area contributed by atoms with Crippen LogP contribution < -0.4 is 16.4 Å². The fraction of sp³-hybridized carbons (Fsp3) is 0.750. The molecule has 1 aliphatic rings. The normalized spacial score (nSPS) is 17.6. The largest absolute Gasteiger partial charge is 0.376 e. The number of urea groups is 1. The number of likely N-dealkylation sites (tertiary alicyclic amines) is 1. The Morgan fingerprint density at radius 2 is 2.07 bits per heavy atom. The van der Waals surface area contributed by atoms with Crippen LogP contribution >= 0.6 is 12.2 Å². The average molecular weight is 216 g/mol. The maximum Gasteiger partial charge on any atom is 0.314 e. The second-order valence-electron chi connectivity index (χ2n) is 3.32. The highest BCUT2D eigenvalue weighted by atomic mass is 32.1. The molecule has 0 radical (unpaired) electrons. The molecule has 0 atom stereocenters. The van der Waals surface area contributed by atoms with Gasteiger partial charge in [-0.2, -0.15) is 0 Å². The van der Waals surface area contributed by atoms with Gasteiger partial charge in [0.1, 0.15) is 0 Å². The van der Waals surface area contributed by atoms with Crippen molar-refractivity contribution in [1.29, 1.82) is 0 Å². The third kappa shape index (κ3) is 3.02. The van der Waals surface area contributed by atoms with Gasteiger partial charge in [0, 0.05) is 26.2 Å². The van der Waals surface area contributed by atoms with Crippen molar-refractivity contribution < 1.29 is 4.79 Å². The van der Waals surface area contributed by atoms with Gasteiger partial charge in [-0.1, -0.05) is 0 Å². The Labute approximate surface area is 89.0 Å². The van der Waals surface area contributed by atoms with E-state index in [1.807, 2.05) is 4.90 Å². The van der Waals surface area contributed by atoms with Crippen LogP contribution in [0.3, 0.4) is 0 Å². The summed E-state index contributed by atoms with van der Waals surface area (Å²) in [7, 11) is 1.61. The first-order valence-corrected chi connectivity index (χ1v) is 5.07. The Morgan fingerprint density at radius 3 is 2.50 bits per heavy atom. The zero-order valence-corrected chi connectivity index (χ0v) is 9.06. The number of nitrogens with zero attached hydrogens (tertiary/aromatic N) is 1. The van der Waals surface area contributed by atoms with Gasteiger partial charge >= 0.3 is 6.03 Å². The number of hydrogen-bond donors (Lipinski definition) is 3. The summed E-state index contributed by atoms with van der Waals surface area (Å²) in [5, 5.41) is 5.85. The fourth-order valence-corrected chi connectivity index (χ4v) is 1.68. The number of rotatable bonds is 1. The van der Waals surface area contributed by atoms with Gasteiger partial charge in [-0.3, -0.25) is 0 Å². The predicted octanol–water partition coefficient (Wildman–Crippen LogP) is -0.377. The van der Waals surface area contributed by atoms with Gasteiger partial charge in [0.2, 0.25) is 0 Å². The minimum absolute atomic E-state index is 0.126. The van der Waals surface area contributed by atoms with Crippen LogP contribution in [-0.2, 0) is 0 Å². The summed E-state index contributed by atoms with van der Waals surface area (Å²) < 4.78 is 0. The number of nitrogens with two attached hydrogens (primary N) is 1. The molecule has 0 saturated carbocycles. The molecule has 0 bridgehead atoms. The van der Waals surface area contributed by atoms with Gasteiger partial charge in [-0.25, -0.2) is 4.79 Å². The standard InChI is InChI=1S/C8H16N4OS/c1-10-8(13)11-6-2-4-12(5-3-6)7(9)14/h6H,2-5H2,1H3,(H2,9,14)(H2,10,11,13). The molecule has 0 aliphatic carbocycles. The SMILES string of the molecule is CNC(=O)NC1CCN(C(N)=S)CC1. The molecule has 0 spiro atoms. The quantitative estimate of drug-likeness (QED) is 0.523. The van der Waals surface area contributed by atoms with Crippen molar-refractivity contribution in [1.82, 2.24) is 15.5 Å². The zero-order valence-electron chi connectivity index (χ0n) is 8.25. The minimum atomic E-state index is -0.126. The van der Waals surface area contributed by atoms with Crippen molar-refractivity contribution in [2.75, 3.05) is 20.1 Å². The number of piperidine rings is 1. The minimum Gasteiger partial charge on any atom is -0.376 e. The summed E-state index contributed by atoms with van der Waals surface area (Å²) in [6.07, 6.45) is 1.79. The van der Waals surface area contributed by atoms with Crippen molar-refractivity contribution in [2.24, 2.45) is 5.73 Å². The van der Waals surface area contributed by atoms with Crippen LogP contribution in [0.15, 0.2) is 0 Å². The predicted molar refractivity (Wildman–Crippen MR) is 59.0 cm³/mol. The highest BCUT2D eigenvalue weighted by Gasteiger charge is 2.20. The second-order valence-corrected chi connectivity index (χ2v) is 3.74. The molecule has 1 heterocycles. The number of carbonyl (C=O) groups is 1. The molecule has 5 nitrogen and oxygen atoms in total. The molecule has 0 aromatic rings. The van der Waals surface area contributed by atoms with E-state index in [2.05, 4.69) is 10.6 Å². The van der Waals surface area contributed by atoms with Crippen molar-refractivity contribution in [3.8, 4) is 0 Å². The molecule has 1 saturated heterocycles. The summed E-state index contributed by atoms with van der Waals surface area (Å²) in [5.41, 5.74) is 5.50. The summed E-state index contributed by atoms with van der Waals surface area (Å²) >= 11 is 4.87. The Bertz CT molecular complexity index is 225. The van der Waals surface area contributed by atoms with Gasteiger partial charge in [-0.15, -0.1) is 0 Å². The summed E-state index contributed by atoms with van der Waals surface area (Å²) in [5.74, 6) is 0. The zero-order chi connectivity index (χ0) is 10.6. The van der Waals surface area contributed by atoms with E-state index in [1.54, 1.807) is 7.05 Å². The summed E-state index contributed by atoms with van der Waals surface area (Å²) in [6, 6.07) is 0.110. The van der Waals surface area contributed by atoms with Crippen molar-refractivity contribution >= 4 is 23.4 Å². The molecule has 6 heteroatoms. The highest BCUT2D eigenvalue weighted by molar-refractivity contribution is 7.80. The van der Waals surface area contributed by atoms with Crippen LogP contribution in [0.25, 0.3) is 0 Å². The Hall–Kier alpha value is -1.04. The van der Waals surface area contributed by atoms with Crippen LogP contribution in [0.1, 0.15) is 12.8 Å². The lowest BCUT2D eigenvalue weighted by atomic mass is 10.1. The molecule has 1 fully saturated rings. The van der Waals surface area contributed by atoms with E-state index < -0.39 is 0 Å². The van der Waals surface area contributed by atoms with E-state index in [0.717, 1.165) is 25.9 Å².